The molecule has 0 amide bonds. The minimum absolute atomic E-state index is 0.194. The third kappa shape index (κ3) is 3.40. The van der Waals surface area contributed by atoms with Crippen molar-refractivity contribution in [2.45, 2.75) is 17.2 Å². The number of halogens is 1. The number of thiophene rings is 1. The van der Waals surface area contributed by atoms with E-state index in [-0.39, 0.29) is 5.88 Å². The summed E-state index contributed by atoms with van der Waals surface area (Å²) in [5.74, 6) is 0.194. The highest BCUT2D eigenvalue weighted by Gasteiger charge is 2.27. The van der Waals surface area contributed by atoms with E-state index < -0.39 is 10.0 Å². The first-order chi connectivity index (χ1) is 10.0. The predicted octanol–water partition coefficient (Wildman–Crippen LogP) is 3.30. The lowest BCUT2D eigenvalue weighted by Crippen LogP contribution is -2.29. The fourth-order valence-electron chi connectivity index (χ4n) is 2.15. The predicted molar refractivity (Wildman–Crippen MR) is 87.7 cm³/mol. The Morgan fingerprint density at radius 3 is 2.71 bits per heavy atom. The van der Waals surface area contributed by atoms with Crippen molar-refractivity contribution in [2.75, 3.05) is 27.3 Å². The number of nitrogens with zero attached hydrogens (tertiary/aromatic N) is 1. The number of alkyl halides is 1. The second kappa shape index (κ2) is 7.07. The van der Waals surface area contributed by atoms with E-state index in [9.17, 15) is 8.42 Å². The van der Waals surface area contributed by atoms with Gasteiger partial charge in [-0.1, -0.05) is 18.2 Å². The molecule has 0 unspecified atom stereocenters. The quantitative estimate of drug-likeness (QED) is 0.570. The summed E-state index contributed by atoms with van der Waals surface area (Å²) in [4.78, 5) is 1.04. The topological polar surface area (TPSA) is 46.6 Å². The highest BCUT2D eigenvalue weighted by atomic mass is 35.5. The summed E-state index contributed by atoms with van der Waals surface area (Å²) in [5, 5.41) is 0.747. The van der Waals surface area contributed by atoms with Crippen LogP contribution < -0.4 is 0 Å². The molecule has 21 heavy (non-hydrogen) atoms. The average molecular weight is 348 g/mol. The van der Waals surface area contributed by atoms with Gasteiger partial charge in [-0.15, -0.1) is 22.9 Å². The second-order valence-corrected chi connectivity index (χ2v) is 8.04. The molecular weight excluding hydrogens is 330 g/mol. The van der Waals surface area contributed by atoms with E-state index in [1.165, 1.54) is 15.6 Å². The molecule has 0 aliphatic heterocycles. The molecule has 0 spiro atoms. The Morgan fingerprint density at radius 1 is 1.33 bits per heavy atom. The van der Waals surface area contributed by atoms with Crippen LogP contribution in [-0.2, 0) is 20.6 Å². The van der Waals surface area contributed by atoms with Crippen LogP contribution in [0.25, 0.3) is 10.1 Å². The molecule has 1 heterocycles. The van der Waals surface area contributed by atoms with Crippen molar-refractivity contribution in [2.24, 2.45) is 0 Å². The van der Waals surface area contributed by atoms with Crippen molar-refractivity contribution < 1.29 is 13.2 Å². The maximum atomic E-state index is 12.8. The van der Waals surface area contributed by atoms with Crippen molar-refractivity contribution in [3.05, 3.63) is 29.1 Å². The number of rotatable bonds is 7. The standard InChI is InChI=1S/C14H18ClNO3S2/c1-16(8-5-9-19-2)21(17,18)14-11-6-3-4-7-12(11)20-13(14)10-15/h3-4,6-7H,5,8-10H2,1-2H3. The van der Waals surface area contributed by atoms with Crippen LogP contribution in [0.1, 0.15) is 11.3 Å². The zero-order chi connectivity index (χ0) is 15.5. The molecule has 0 saturated heterocycles. The molecule has 0 saturated carbocycles. The minimum atomic E-state index is -3.54. The van der Waals surface area contributed by atoms with Gasteiger partial charge in [0.25, 0.3) is 0 Å². The van der Waals surface area contributed by atoms with Gasteiger partial charge in [0.15, 0.2) is 0 Å². The number of hydrogen-bond acceptors (Lipinski definition) is 4. The summed E-state index contributed by atoms with van der Waals surface area (Å²) in [6.45, 7) is 0.953. The summed E-state index contributed by atoms with van der Waals surface area (Å²) in [5.41, 5.74) is 0. The summed E-state index contributed by atoms with van der Waals surface area (Å²) in [6.07, 6.45) is 0.657. The zero-order valence-electron chi connectivity index (χ0n) is 12.0. The Morgan fingerprint density at radius 2 is 2.05 bits per heavy atom. The first kappa shape index (κ1) is 16.7. The molecule has 0 bridgehead atoms. The molecule has 0 atom stereocenters. The summed E-state index contributed by atoms with van der Waals surface area (Å²) in [7, 11) is -0.345. The largest absolute Gasteiger partial charge is 0.385 e. The average Bonchev–Trinajstić information content (AvgIpc) is 2.86. The van der Waals surface area contributed by atoms with Gasteiger partial charge >= 0.3 is 0 Å². The number of methoxy groups -OCH3 is 1. The molecule has 0 N–H and O–H groups in total. The van der Waals surface area contributed by atoms with Crippen LogP contribution in [0.3, 0.4) is 0 Å². The first-order valence-corrected chi connectivity index (χ1v) is 9.33. The fraction of sp³-hybridized carbons (Fsp3) is 0.429. The molecule has 2 aromatic rings. The Bertz CT molecular complexity index is 712. The Balaban J connectivity index is 2.43. The molecule has 0 aliphatic rings. The van der Waals surface area contributed by atoms with E-state index in [0.717, 1.165) is 10.1 Å². The zero-order valence-corrected chi connectivity index (χ0v) is 14.4. The van der Waals surface area contributed by atoms with Crippen LogP contribution in [0.15, 0.2) is 29.2 Å². The molecule has 0 fully saturated rings. The number of ether oxygens (including phenoxy) is 1. The molecule has 116 valence electrons. The maximum Gasteiger partial charge on any atom is 0.244 e. The van der Waals surface area contributed by atoms with Gasteiger partial charge in [-0.2, -0.15) is 0 Å². The van der Waals surface area contributed by atoms with Crippen molar-refractivity contribution in [1.82, 2.24) is 4.31 Å². The molecule has 0 aliphatic carbocycles. The number of hydrogen-bond donors (Lipinski definition) is 0. The Kier molecular flexibility index (Phi) is 5.62. The van der Waals surface area contributed by atoms with Gasteiger partial charge in [0, 0.05) is 42.3 Å². The van der Waals surface area contributed by atoms with Crippen LogP contribution in [-0.4, -0.2) is 40.0 Å². The summed E-state index contributed by atoms with van der Waals surface area (Å²) >= 11 is 7.38. The highest BCUT2D eigenvalue weighted by molar-refractivity contribution is 7.89. The number of fused-ring (bicyclic) bond motifs is 1. The van der Waals surface area contributed by atoms with Gasteiger partial charge in [0.1, 0.15) is 4.90 Å². The van der Waals surface area contributed by atoms with Gasteiger partial charge in [0.05, 0.1) is 5.88 Å². The number of sulfonamides is 1. The van der Waals surface area contributed by atoms with Crippen molar-refractivity contribution in [1.29, 1.82) is 0 Å². The van der Waals surface area contributed by atoms with Gasteiger partial charge in [-0.25, -0.2) is 12.7 Å². The third-order valence-electron chi connectivity index (χ3n) is 3.23. The van der Waals surface area contributed by atoms with Crippen LogP contribution >= 0.6 is 22.9 Å². The number of benzene rings is 1. The molecule has 4 nitrogen and oxygen atoms in total. The van der Waals surface area contributed by atoms with E-state index >= 15 is 0 Å². The summed E-state index contributed by atoms with van der Waals surface area (Å²) in [6, 6.07) is 7.49. The van der Waals surface area contributed by atoms with Crippen LogP contribution in [0.2, 0.25) is 0 Å². The van der Waals surface area contributed by atoms with Crippen LogP contribution in [0, 0.1) is 0 Å². The molecule has 7 heteroatoms. The second-order valence-electron chi connectivity index (χ2n) is 4.66. The normalized spacial score (nSPS) is 12.4. The van der Waals surface area contributed by atoms with Gasteiger partial charge in [-0.05, 0) is 12.5 Å². The molecule has 1 aromatic carbocycles. The first-order valence-electron chi connectivity index (χ1n) is 6.54. The lowest BCUT2D eigenvalue weighted by molar-refractivity contribution is 0.189. The lowest BCUT2D eigenvalue weighted by Gasteiger charge is -2.17. The maximum absolute atomic E-state index is 12.8. The SMILES string of the molecule is COCCCN(C)S(=O)(=O)c1c(CCl)sc2ccccc12. The van der Waals surface area contributed by atoms with Gasteiger partial charge in [0.2, 0.25) is 10.0 Å². The lowest BCUT2D eigenvalue weighted by atomic mass is 10.2. The van der Waals surface area contributed by atoms with E-state index in [1.54, 1.807) is 14.2 Å². The van der Waals surface area contributed by atoms with E-state index in [0.29, 0.717) is 29.3 Å². The monoisotopic (exact) mass is 347 g/mol. The molecular formula is C14H18ClNO3S2. The van der Waals surface area contributed by atoms with Crippen LogP contribution in [0.4, 0.5) is 0 Å². The molecule has 1 aromatic heterocycles. The van der Waals surface area contributed by atoms with Crippen molar-refractivity contribution in [3.8, 4) is 0 Å². The Labute approximate surface area is 134 Å². The molecule has 0 radical (unpaired) electrons. The van der Waals surface area contributed by atoms with E-state index in [2.05, 4.69) is 0 Å². The van der Waals surface area contributed by atoms with Crippen molar-refractivity contribution >= 4 is 43.0 Å². The van der Waals surface area contributed by atoms with Gasteiger partial charge < -0.3 is 4.74 Å². The molecule has 2 rings (SSSR count). The van der Waals surface area contributed by atoms with E-state index in [1.807, 2.05) is 24.3 Å². The van der Waals surface area contributed by atoms with Crippen molar-refractivity contribution in [3.63, 3.8) is 0 Å². The third-order valence-corrected chi connectivity index (χ3v) is 6.94. The van der Waals surface area contributed by atoms with E-state index in [4.69, 9.17) is 16.3 Å². The summed E-state index contributed by atoms with van der Waals surface area (Å²) < 4.78 is 32.9. The van der Waals surface area contributed by atoms with Gasteiger partial charge in [-0.3, -0.25) is 0 Å². The smallest absolute Gasteiger partial charge is 0.244 e. The van der Waals surface area contributed by atoms with Crippen LogP contribution in [0.5, 0.6) is 0 Å². The minimum Gasteiger partial charge on any atom is -0.385 e. The fourth-order valence-corrected chi connectivity index (χ4v) is 5.48. The Hall–Kier alpha value is -0.660. The highest BCUT2D eigenvalue weighted by Crippen LogP contribution is 2.36.